The van der Waals surface area contributed by atoms with E-state index in [1.807, 2.05) is 69.4 Å². The van der Waals surface area contributed by atoms with Crippen LogP contribution >= 0.6 is 0 Å². The Labute approximate surface area is 175 Å². The van der Waals surface area contributed by atoms with Crippen LogP contribution in [0.5, 0.6) is 5.75 Å². The molecule has 4 rings (SSSR count). The van der Waals surface area contributed by atoms with E-state index in [0.717, 1.165) is 39.0 Å². The van der Waals surface area contributed by atoms with E-state index in [-0.39, 0.29) is 5.97 Å². The summed E-state index contributed by atoms with van der Waals surface area (Å²) in [6.45, 7) is 5.58. The molecule has 0 fully saturated rings. The summed E-state index contributed by atoms with van der Waals surface area (Å²) >= 11 is 0. The summed E-state index contributed by atoms with van der Waals surface area (Å²) in [5.74, 6) is 0.463. The quantitative estimate of drug-likeness (QED) is 0.436. The first-order valence-corrected chi connectivity index (χ1v) is 9.80. The van der Waals surface area contributed by atoms with Gasteiger partial charge < -0.3 is 14.5 Å². The van der Waals surface area contributed by atoms with Crippen LogP contribution in [0.3, 0.4) is 0 Å². The second kappa shape index (κ2) is 7.67. The van der Waals surface area contributed by atoms with Gasteiger partial charge in [-0.25, -0.2) is 9.78 Å². The molecule has 152 valence electrons. The van der Waals surface area contributed by atoms with Crippen LogP contribution in [0.2, 0.25) is 0 Å². The Hall–Kier alpha value is -3.60. The first-order valence-electron chi connectivity index (χ1n) is 9.80. The highest BCUT2D eigenvalue weighted by Gasteiger charge is 2.18. The fourth-order valence-electron chi connectivity index (χ4n) is 3.41. The molecular weight excluding hydrogens is 376 g/mol. The topological polar surface area (TPSA) is 64.2 Å². The molecule has 0 radical (unpaired) electrons. The van der Waals surface area contributed by atoms with E-state index in [0.29, 0.717) is 5.56 Å². The number of aromatic amines is 1. The maximum absolute atomic E-state index is 12.5. The van der Waals surface area contributed by atoms with Crippen molar-refractivity contribution in [3.8, 4) is 28.0 Å². The van der Waals surface area contributed by atoms with Crippen molar-refractivity contribution in [1.82, 2.24) is 9.97 Å². The number of fused-ring (bicyclic) bond motifs is 1. The maximum atomic E-state index is 12.5. The van der Waals surface area contributed by atoms with Crippen LogP contribution in [-0.4, -0.2) is 28.6 Å². The molecule has 0 saturated heterocycles. The van der Waals surface area contributed by atoms with E-state index in [2.05, 4.69) is 16.0 Å². The third-order valence-electron chi connectivity index (χ3n) is 4.76. The molecule has 0 aliphatic carbocycles. The molecule has 0 aliphatic heterocycles. The van der Waals surface area contributed by atoms with Crippen LogP contribution in [0.15, 0.2) is 67.0 Å². The van der Waals surface area contributed by atoms with Crippen molar-refractivity contribution in [3.63, 3.8) is 0 Å². The van der Waals surface area contributed by atoms with Gasteiger partial charge in [0.05, 0.1) is 12.7 Å². The lowest BCUT2D eigenvalue weighted by molar-refractivity contribution is 0.00696. The monoisotopic (exact) mass is 400 g/mol. The Morgan fingerprint density at radius 3 is 2.53 bits per heavy atom. The molecule has 0 atom stereocenters. The number of hydrogen-bond acceptors (Lipinski definition) is 4. The highest BCUT2D eigenvalue weighted by atomic mass is 16.6. The molecular formula is C25H24N2O3. The number of esters is 1. The molecule has 0 bridgehead atoms. The summed E-state index contributed by atoms with van der Waals surface area (Å²) in [6.07, 6.45) is 3.75. The van der Waals surface area contributed by atoms with Gasteiger partial charge in [0.25, 0.3) is 0 Å². The van der Waals surface area contributed by atoms with Gasteiger partial charge in [-0.05, 0) is 50.6 Å². The van der Waals surface area contributed by atoms with Crippen molar-refractivity contribution >= 4 is 17.0 Å². The first-order chi connectivity index (χ1) is 14.4. The highest BCUT2D eigenvalue weighted by Crippen LogP contribution is 2.36. The molecule has 2 aromatic carbocycles. The number of pyridine rings is 1. The number of aromatic nitrogens is 2. The van der Waals surface area contributed by atoms with Crippen molar-refractivity contribution in [2.75, 3.05) is 7.11 Å². The fraction of sp³-hybridized carbons (Fsp3) is 0.200. The van der Waals surface area contributed by atoms with E-state index >= 15 is 0 Å². The van der Waals surface area contributed by atoms with Crippen LogP contribution in [0.4, 0.5) is 0 Å². The van der Waals surface area contributed by atoms with Crippen molar-refractivity contribution in [1.29, 1.82) is 0 Å². The number of ether oxygens (including phenoxy) is 2. The number of methoxy groups -OCH3 is 1. The smallest absolute Gasteiger partial charge is 0.338 e. The molecule has 2 heterocycles. The highest BCUT2D eigenvalue weighted by molar-refractivity contribution is 5.97. The zero-order chi connectivity index (χ0) is 21.3. The third kappa shape index (κ3) is 3.92. The Morgan fingerprint density at radius 1 is 0.967 bits per heavy atom. The minimum atomic E-state index is -0.539. The normalized spacial score (nSPS) is 11.5. The SMILES string of the molecule is COc1ccccc1-c1c[nH]c2ncc(-c3cccc(C(=O)OC(C)(C)C)c3)cc12. The lowest BCUT2D eigenvalue weighted by atomic mass is 10.0. The number of H-pyrrole nitrogens is 1. The van der Waals surface area contributed by atoms with Crippen LogP contribution in [-0.2, 0) is 4.74 Å². The number of nitrogens with zero attached hydrogens (tertiary/aromatic N) is 1. The Morgan fingerprint density at radius 2 is 1.77 bits per heavy atom. The summed E-state index contributed by atoms with van der Waals surface area (Å²) in [6, 6.07) is 17.4. The standard InChI is InChI=1S/C25H24N2O3/c1-25(2,3)30-24(28)17-9-7-8-16(12-17)18-13-20-21(15-27-23(20)26-14-18)19-10-5-6-11-22(19)29-4/h5-15H,1-4H3,(H,26,27). The summed E-state index contributed by atoms with van der Waals surface area (Å²) in [5.41, 5.74) is 4.60. The Kier molecular flexibility index (Phi) is 5.04. The number of carbonyl (C=O) groups excluding carboxylic acids is 1. The number of para-hydroxylation sites is 1. The summed E-state index contributed by atoms with van der Waals surface area (Å²) < 4.78 is 11.0. The molecule has 5 nitrogen and oxygen atoms in total. The van der Waals surface area contributed by atoms with Crippen molar-refractivity contribution < 1.29 is 14.3 Å². The van der Waals surface area contributed by atoms with Gasteiger partial charge in [-0.2, -0.15) is 0 Å². The van der Waals surface area contributed by atoms with E-state index in [1.54, 1.807) is 19.4 Å². The average Bonchev–Trinajstić information content (AvgIpc) is 3.15. The van der Waals surface area contributed by atoms with Gasteiger partial charge in [0.1, 0.15) is 17.0 Å². The lowest BCUT2D eigenvalue weighted by Crippen LogP contribution is -2.23. The van der Waals surface area contributed by atoms with Crippen molar-refractivity contribution in [3.05, 3.63) is 72.6 Å². The summed E-state index contributed by atoms with van der Waals surface area (Å²) in [4.78, 5) is 20.3. The van der Waals surface area contributed by atoms with Gasteiger partial charge in [-0.15, -0.1) is 0 Å². The van der Waals surface area contributed by atoms with E-state index in [9.17, 15) is 4.79 Å². The van der Waals surface area contributed by atoms with Crippen LogP contribution < -0.4 is 4.74 Å². The molecule has 2 aromatic heterocycles. The van der Waals surface area contributed by atoms with Crippen LogP contribution in [0.25, 0.3) is 33.3 Å². The molecule has 5 heteroatoms. The second-order valence-electron chi connectivity index (χ2n) is 8.11. The predicted molar refractivity (Wildman–Crippen MR) is 119 cm³/mol. The van der Waals surface area contributed by atoms with E-state index in [1.165, 1.54) is 0 Å². The predicted octanol–water partition coefficient (Wildman–Crippen LogP) is 5.86. The minimum Gasteiger partial charge on any atom is -0.496 e. The molecule has 1 N–H and O–H groups in total. The molecule has 0 saturated carbocycles. The lowest BCUT2D eigenvalue weighted by Gasteiger charge is -2.19. The number of benzene rings is 2. The number of hydrogen-bond donors (Lipinski definition) is 1. The van der Waals surface area contributed by atoms with Gasteiger partial charge in [0.2, 0.25) is 0 Å². The number of rotatable bonds is 4. The number of nitrogens with one attached hydrogen (secondary N) is 1. The second-order valence-corrected chi connectivity index (χ2v) is 8.11. The van der Waals surface area contributed by atoms with Crippen LogP contribution in [0.1, 0.15) is 31.1 Å². The average molecular weight is 400 g/mol. The third-order valence-corrected chi connectivity index (χ3v) is 4.76. The van der Waals surface area contributed by atoms with Gasteiger partial charge in [-0.1, -0.05) is 30.3 Å². The fourth-order valence-corrected chi connectivity index (χ4v) is 3.41. The Balaban J connectivity index is 1.76. The summed E-state index contributed by atoms with van der Waals surface area (Å²) in [5, 5.41) is 0.986. The molecule has 0 amide bonds. The zero-order valence-corrected chi connectivity index (χ0v) is 17.5. The van der Waals surface area contributed by atoms with Crippen molar-refractivity contribution in [2.45, 2.75) is 26.4 Å². The maximum Gasteiger partial charge on any atom is 0.338 e. The molecule has 0 spiro atoms. The minimum absolute atomic E-state index is 0.338. The van der Waals surface area contributed by atoms with Crippen molar-refractivity contribution in [2.24, 2.45) is 0 Å². The van der Waals surface area contributed by atoms with Crippen LogP contribution in [0, 0.1) is 0 Å². The molecule has 4 aromatic rings. The number of carbonyl (C=O) groups is 1. The van der Waals surface area contributed by atoms with Gasteiger partial charge >= 0.3 is 5.97 Å². The van der Waals surface area contributed by atoms with Gasteiger partial charge in [-0.3, -0.25) is 0 Å². The molecule has 0 aliphatic rings. The largest absolute Gasteiger partial charge is 0.496 e. The Bertz CT molecular complexity index is 1220. The summed E-state index contributed by atoms with van der Waals surface area (Å²) in [7, 11) is 1.67. The first kappa shape index (κ1) is 19.7. The molecule has 30 heavy (non-hydrogen) atoms. The zero-order valence-electron chi connectivity index (χ0n) is 17.5. The molecule has 0 unspecified atom stereocenters. The van der Waals surface area contributed by atoms with E-state index in [4.69, 9.17) is 9.47 Å². The van der Waals surface area contributed by atoms with Gasteiger partial charge in [0.15, 0.2) is 0 Å². The van der Waals surface area contributed by atoms with Gasteiger partial charge in [0, 0.05) is 34.5 Å². The van der Waals surface area contributed by atoms with E-state index < -0.39 is 5.60 Å².